The van der Waals surface area contributed by atoms with Gasteiger partial charge in [0.25, 0.3) is 0 Å². The molecule has 0 bridgehead atoms. The van der Waals surface area contributed by atoms with Crippen LogP contribution in [0.4, 0.5) is 5.69 Å². The minimum Gasteiger partial charge on any atom is -0.361 e. The molecule has 0 aromatic heterocycles. The molecule has 3 aromatic rings. The highest BCUT2D eigenvalue weighted by Gasteiger charge is 2.41. The number of nitrogens with one attached hydrogen (secondary N) is 1. The summed E-state index contributed by atoms with van der Waals surface area (Å²) in [5.41, 5.74) is 13.7. The topological polar surface area (TPSA) is 53.8 Å². The van der Waals surface area contributed by atoms with Crippen LogP contribution in [0.1, 0.15) is 48.9 Å². The first-order valence-electron chi connectivity index (χ1n) is 13.0. The van der Waals surface area contributed by atoms with Gasteiger partial charge in [-0.25, -0.2) is 5.06 Å². The van der Waals surface area contributed by atoms with Crippen LogP contribution in [0.2, 0.25) is 0 Å². The first-order chi connectivity index (χ1) is 17.4. The number of nitrogens with zero attached hydrogens (tertiary/aromatic N) is 2. The molecule has 5 heteroatoms. The number of hydrogen-bond acceptors (Lipinski definition) is 5. The number of allylic oxidation sites excluding steroid dienone is 1. The van der Waals surface area contributed by atoms with E-state index in [9.17, 15) is 0 Å². The molecule has 36 heavy (non-hydrogen) atoms. The lowest BCUT2D eigenvalue weighted by Crippen LogP contribution is -2.54. The van der Waals surface area contributed by atoms with Crippen LogP contribution in [0, 0.1) is 0 Å². The minimum atomic E-state index is -0.338. The maximum atomic E-state index is 6.36. The van der Waals surface area contributed by atoms with Crippen molar-refractivity contribution >= 4 is 16.5 Å². The smallest absolute Gasteiger partial charge is 0.104 e. The van der Waals surface area contributed by atoms with Crippen LogP contribution in [-0.2, 0) is 24.4 Å². The van der Waals surface area contributed by atoms with Gasteiger partial charge in [0, 0.05) is 36.4 Å². The van der Waals surface area contributed by atoms with Crippen molar-refractivity contribution in [2.45, 2.75) is 51.8 Å². The Labute approximate surface area is 215 Å². The number of rotatable bonds is 8. The Morgan fingerprint density at radius 2 is 1.86 bits per heavy atom. The second-order valence-electron chi connectivity index (χ2n) is 10.3. The Bertz CT molecular complexity index is 1280. The van der Waals surface area contributed by atoms with Gasteiger partial charge in [-0.1, -0.05) is 68.6 Å². The second-order valence-corrected chi connectivity index (χ2v) is 10.3. The normalized spacial score (nSPS) is 19.7. The Hall–Kier alpha value is -3.12. The maximum Gasteiger partial charge on any atom is 0.104 e. The molecule has 2 aliphatic rings. The fourth-order valence-electron chi connectivity index (χ4n) is 5.53. The third-order valence-electron chi connectivity index (χ3n) is 7.82. The summed E-state index contributed by atoms with van der Waals surface area (Å²) in [6, 6.07) is 20.1. The van der Waals surface area contributed by atoms with Crippen molar-refractivity contribution in [1.29, 1.82) is 0 Å². The molecule has 0 spiro atoms. The Kier molecular flexibility index (Phi) is 6.89. The zero-order chi connectivity index (χ0) is 25.3. The van der Waals surface area contributed by atoms with Crippen molar-refractivity contribution in [2.24, 2.45) is 5.73 Å². The second kappa shape index (κ2) is 10.1. The monoisotopic (exact) mass is 482 g/mol. The molecule has 1 saturated heterocycles. The van der Waals surface area contributed by atoms with E-state index >= 15 is 0 Å². The van der Waals surface area contributed by atoms with Crippen LogP contribution < -0.4 is 16.1 Å². The van der Waals surface area contributed by atoms with Crippen molar-refractivity contribution in [1.82, 2.24) is 10.2 Å². The molecule has 188 valence electrons. The summed E-state index contributed by atoms with van der Waals surface area (Å²) in [5, 5.41) is 8.05. The van der Waals surface area contributed by atoms with Gasteiger partial charge in [-0.05, 0) is 66.4 Å². The van der Waals surface area contributed by atoms with Gasteiger partial charge in [0.1, 0.15) is 12.1 Å². The van der Waals surface area contributed by atoms with Gasteiger partial charge in [-0.3, -0.25) is 9.74 Å². The van der Waals surface area contributed by atoms with Gasteiger partial charge >= 0.3 is 0 Å². The van der Waals surface area contributed by atoms with Crippen LogP contribution in [-0.4, -0.2) is 30.1 Å². The number of piperidine rings is 1. The summed E-state index contributed by atoms with van der Waals surface area (Å²) < 4.78 is 0. The molecule has 2 aliphatic heterocycles. The van der Waals surface area contributed by atoms with Crippen LogP contribution in [0.3, 0.4) is 0 Å². The van der Waals surface area contributed by atoms with Crippen molar-refractivity contribution in [3.8, 4) is 0 Å². The molecule has 1 atom stereocenters. The third kappa shape index (κ3) is 4.55. The SMILES string of the molecule is C=C1CCC(C)(N2OCc3cccc4c(Cc5ccc(CN(CC)CCN)cc5)ccc2c34)C(=C)N1. The van der Waals surface area contributed by atoms with E-state index in [0.717, 1.165) is 56.0 Å². The van der Waals surface area contributed by atoms with Crippen molar-refractivity contribution in [2.75, 3.05) is 24.7 Å². The molecule has 5 rings (SSSR count). The Balaban J connectivity index is 1.44. The molecule has 3 aromatic carbocycles. The molecule has 1 fully saturated rings. The van der Waals surface area contributed by atoms with Gasteiger partial charge in [-0.15, -0.1) is 0 Å². The van der Waals surface area contributed by atoms with Crippen molar-refractivity contribution in [3.63, 3.8) is 0 Å². The summed E-state index contributed by atoms with van der Waals surface area (Å²) in [7, 11) is 0. The molecule has 3 N–H and O–H groups in total. The number of hydrogen-bond donors (Lipinski definition) is 2. The fraction of sp³-hybridized carbons (Fsp3) is 0.355. The van der Waals surface area contributed by atoms with Crippen molar-refractivity contribution < 1.29 is 4.84 Å². The van der Waals surface area contributed by atoms with E-state index in [1.165, 1.54) is 33.0 Å². The number of hydroxylamine groups is 1. The predicted molar refractivity (Wildman–Crippen MR) is 150 cm³/mol. The van der Waals surface area contributed by atoms with Gasteiger partial charge in [0.2, 0.25) is 0 Å². The molecule has 0 aliphatic carbocycles. The molecule has 0 radical (unpaired) electrons. The molecule has 0 saturated carbocycles. The van der Waals surface area contributed by atoms with Crippen LogP contribution in [0.5, 0.6) is 0 Å². The largest absolute Gasteiger partial charge is 0.361 e. The zero-order valence-corrected chi connectivity index (χ0v) is 21.6. The molecule has 0 amide bonds. The van der Waals surface area contributed by atoms with E-state index in [-0.39, 0.29) is 5.54 Å². The summed E-state index contributed by atoms with van der Waals surface area (Å²) in [6.07, 6.45) is 2.71. The quantitative estimate of drug-likeness (QED) is 0.436. The number of likely N-dealkylation sites (N-methyl/N-ethyl adjacent to an activating group) is 1. The van der Waals surface area contributed by atoms with Gasteiger partial charge < -0.3 is 11.1 Å². The summed E-state index contributed by atoms with van der Waals surface area (Å²) >= 11 is 0. The molecule has 1 unspecified atom stereocenters. The summed E-state index contributed by atoms with van der Waals surface area (Å²) in [4.78, 5) is 8.74. The molecule has 5 nitrogen and oxygen atoms in total. The Morgan fingerprint density at radius 1 is 1.08 bits per heavy atom. The Morgan fingerprint density at radius 3 is 2.58 bits per heavy atom. The lowest BCUT2D eigenvalue weighted by atomic mass is 9.85. The van der Waals surface area contributed by atoms with Crippen LogP contribution >= 0.6 is 0 Å². The lowest BCUT2D eigenvalue weighted by molar-refractivity contribution is 0.0443. The van der Waals surface area contributed by atoms with E-state index in [1.54, 1.807) is 0 Å². The average Bonchev–Trinajstić information content (AvgIpc) is 2.89. The number of nitrogens with two attached hydrogens (primary N) is 1. The highest BCUT2D eigenvalue weighted by Crippen LogP contribution is 2.44. The van der Waals surface area contributed by atoms with E-state index in [1.807, 2.05) is 0 Å². The minimum absolute atomic E-state index is 0.338. The number of benzene rings is 3. The zero-order valence-electron chi connectivity index (χ0n) is 21.6. The first kappa shape index (κ1) is 24.6. The van der Waals surface area contributed by atoms with Gasteiger partial charge in [0.05, 0.1) is 5.69 Å². The maximum absolute atomic E-state index is 6.36. The number of anilines is 1. The van der Waals surface area contributed by atoms with E-state index in [0.29, 0.717) is 13.2 Å². The van der Waals surface area contributed by atoms with E-state index in [2.05, 4.69) is 96.9 Å². The van der Waals surface area contributed by atoms with E-state index < -0.39 is 0 Å². The first-order valence-corrected chi connectivity index (χ1v) is 13.0. The average molecular weight is 483 g/mol. The standard InChI is InChI=1S/C31H38N4O/c1-5-34(18-17-32)20-25-11-9-24(10-12-25)19-26-13-14-29-30-27(7-6-8-28(26)30)21-36-35(29)31(4)16-15-22(2)33-23(31)3/h6-14,33H,2-3,5,15-21,32H2,1,4H3. The third-order valence-corrected chi connectivity index (χ3v) is 7.82. The van der Waals surface area contributed by atoms with Crippen molar-refractivity contribution in [3.05, 3.63) is 101 Å². The van der Waals surface area contributed by atoms with Gasteiger partial charge in [0.15, 0.2) is 0 Å². The lowest BCUT2D eigenvalue weighted by Gasteiger charge is -2.47. The summed E-state index contributed by atoms with van der Waals surface area (Å²) in [6.45, 7) is 16.9. The highest BCUT2D eigenvalue weighted by molar-refractivity contribution is 5.99. The molecular weight excluding hydrogens is 444 g/mol. The predicted octanol–water partition coefficient (Wildman–Crippen LogP) is 5.63. The molecule has 2 heterocycles. The van der Waals surface area contributed by atoms with Crippen LogP contribution in [0.25, 0.3) is 10.8 Å². The molecular formula is C31H38N4O. The van der Waals surface area contributed by atoms with Gasteiger partial charge in [-0.2, -0.15) is 0 Å². The van der Waals surface area contributed by atoms with Crippen LogP contribution in [0.15, 0.2) is 79.1 Å². The summed E-state index contributed by atoms with van der Waals surface area (Å²) in [5.74, 6) is 0. The highest BCUT2D eigenvalue weighted by atomic mass is 16.7. The fourth-order valence-corrected chi connectivity index (χ4v) is 5.53. The van der Waals surface area contributed by atoms with E-state index in [4.69, 9.17) is 10.6 Å².